The molecule has 0 spiro atoms. The third kappa shape index (κ3) is 13.9. The summed E-state index contributed by atoms with van der Waals surface area (Å²) in [7, 11) is 0. The molecular weight excluding hydrogens is 912 g/mol. The van der Waals surface area contributed by atoms with Gasteiger partial charge >= 0.3 is 0 Å². The number of aliphatic hydroxyl groups excluding tert-OH is 14. The van der Waals surface area contributed by atoms with Crippen LogP contribution < -0.4 is 0 Å². The molecule has 68 heavy (non-hydrogen) atoms. The molecule has 1 unspecified atom stereocenters. The van der Waals surface area contributed by atoms with Crippen LogP contribution in [0.5, 0.6) is 0 Å². The Morgan fingerprint density at radius 2 is 0.941 bits per heavy atom. The zero-order chi connectivity index (χ0) is 50.3. The second-order valence-corrected chi connectivity index (χ2v) is 18.8. The van der Waals surface area contributed by atoms with Crippen molar-refractivity contribution in [3.05, 3.63) is 23.5 Å². The lowest BCUT2D eigenvalue weighted by molar-refractivity contribution is -0.385. The standard InChI is InChI=1S/C44H76O24/c1-17(9-7-11-18(2)15-59-43-38(33(55)28(50)23(13-45)64-43)67-41-35(57)31(53)26(48)21(5)62-41)10-8-12-19(3)16-60-44-39(68-42-36(58)32(54)27(49)22(6)63-42)37(29(51)24(14-46)65-44)66-40-34(56)30(52)25(47)20(4)61-40/h10,16,18,20-58H,7-9,11-15H2,1-6H3/b17-10+,19-16+/t18?,20-,21-,22-,23-,24-,25+,26-,27-,28-,29-,30-,31-,32-,33+,34-,35-,36-,37+,38-,39-,40+,41+,42+,43-,44-/m1/s1. The summed E-state index contributed by atoms with van der Waals surface area (Å²) in [6.45, 7) is 8.83. The summed E-state index contributed by atoms with van der Waals surface area (Å²) in [6, 6.07) is 0. The Kier molecular flexibility index (Phi) is 21.8. The molecule has 14 N–H and O–H groups in total. The maximum absolute atomic E-state index is 11.3. The van der Waals surface area contributed by atoms with E-state index in [9.17, 15) is 71.5 Å². The Labute approximate surface area is 394 Å². The molecule has 24 heteroatoms. The van der Waals surface area contributed by atoms with Crippen LogP contribution in [0.4, 0.5) is 0 Å². The van der Waals surface area contributed by atoms with Crippen molar-refractivity contribution in [2.45, 2.75) is 227 Å². The van der Waals surface area contributed by atoms with Crippen molar-refractivity contribution in [1.82, 2.24) is 0 Å². The molecule has 0 amide bonds. The molecule has 5 rings (SSSR count). The van der Waals surface area contributed by atoms with E-state index in [4.69, 9.17) is 47.4 Å². The van der Waals surface area contributed by atoms with E-state index >= 15 is 0 Å². The van der Waals surface area contributed by atoms with Crippen LogP contribution in [0.1, 0.15) is 73.6 Å². The van der Waals surface area contributed by atoms with Gasteiger partial charge in [-0.2, -0.15) is 0 Å². The van der Waals surface area contributed by atoms with Crippen molar-refractivity contribution in [2.24, 2.45) is 5.92 Å². The van der Waals surface area contributed by atoms with Crippen LogP contribution in [0.25, 0.3) is 0 Å². The molecule has 24 nitrogen and oxygen atoms in total. The molecule has 0 aromatic rings. The third-order valence-corrected chi connectivity index (χ3v) is 13.2. The van der Waals surface area contributed by atoms with Crippen LogP contribution in [-0.4, -0.2) is 245 Å². The third-order valence-electron chi connectivity index (χ3n) is 13.2. The summed E-state index contributed by atoms with van der Waals surface area (Å²) in [4.78, 5) is 0. The summed E-state index contributed by atoms with van der Waals surface area (Å²) in [5.41, 5.74) is 1.83. The molecule has 5 heterocycles. The normalized spacial score (nSPS) is 46.9. The maximum atomic E-state index is 11.3. The average molecular weight is 989 g/mol. The molecule has 5 aliphatic heterocycles. The minimum atomic E-state index is -1.79. The highest BCUT2D eigenvalue weighted by molar-refractivity contribution is 5.03. The zero-order valence-electron chi connectivity index (χ0n) is 39.2. The zero-order valence-corrected chi connectivity index (χ0v) is 39.2. The lowest BCUT2D eigenvalue weighted by Crippen LogP contribution is -2.66. The molecule has 0 bridgehead atoms. The minimum absolute atomic E-state index is 0.0258. The maximum Gasteiger partial charge on any atom is 0.228 e. The summed E-state index contributed by atoms with van der Waals surface area (Å²) in [5, 5.41) is 146. The van der Waals surface area contributed by atoms with Gasteiger partial charge in [0.05, 0.1) is 44.4 Å². The number of allylic oxidation sites excluding steroid dienone is 3. The average Bonchev–Trinajstić information content (AvgIpc) is 3.31. The second kappa shape index (κ2) is 25.8. The Morgan fingerprint density at radius 1 is 0.485 bits per heavy atom. The van der Waals surface area contributed by atoms with Gasteiger partial charge in [-0.25, -0.2) is 0 Å². The van der Waals surface area contributed by atoms with E-state index in [1.165, 1.54) is 27.0 Å². The molecule has 0 radical (unpaired) electrons. The fourth-order valence-electron chi connectivity index (χ4n) is 8.59. The Morgan fingerprint density at radius 3 is 1.44 bits per heavy atom. The minimum Gasteiger partial charge on any atom is -0.470 e. The molecular formula is C44H76O24. The summed E-state index contributed by atoms with van der Waals surface area (Å²) < 4.78 is 58.2. The van der Waals surface area contributed by atoms with Gasteiger partial charge in [0.2, 0.25) is 6.29 Å². The first-order chi connectivity index (χ1) is 32.1. The highest BCUT2D eigenvalue weighted by Crippen LogP contribution is 2.35. The fraction of sp³-hybridized carbons (Fsp3) is 0.909. The Balaban J connectivity index is 1.15. The predicted molar refractivity (Wildman–Crippen MR) is 228 cm³/mol. The number of rotatable bonds is 20. The van der Waals surface area contributed by atoms with Crippen molar-refractivity contribution in [1.29, 1.82) is 0 Å². The van der Waals surface area contributed by atoms with E-state index in [1.54, 1.807) is 6.92 Å². The topological polar surface area (TPSA) is 376 Å². The monoisotopic (exact) mass is 988 g/mol. The van der Waals surface area contributed by atoms with Gasteiger partial charge in [-0.15, -0.1) is 0 Å². The van der Waals surface area contributed by atoms with Gasteiger partial charge in [0.25, 0.3) is 0 Å². The van der Waals surface area contributed by atoms with Gasteiger partial charge in [0.15, 0.2) is 31.3 Å². The molecule has 0 aromatic carbocycles. The van der Waals surface area contributed by atoms with E-state index in [2.05, 4.69) is 6.08 Å². The van der Waals surface area contributed by atoms with Crippen LogP contribution in [0.15, 0.2) is 23.5 Å². The van der Waals surface area contributed by atoms with E-state index < -0.39 is 167 Å². The molecule has 5 saturated heterocycles. The highest BCUT2D eigenvalue weighted by atomic mass is 16.8. The van der Waals surface area contributed by atoms with Gasteiger partial charge in [-0.3, -0.25) is 0 Å². The lowest BCUT2D eigenvalue weighted by atomic mass is 9.96. The van der Waals surface area contributed by atoms with Crippen LogP contribution in [0.3, 0.4) is 0 Å². The molecule has 5 aliphatic rings. The van der Waals surface area contributed by atoms with Gasteiger partial charge < -0.3 is 119 Å². The molecule has 0 saturated carbocycles. The molecule has 26 atom stereocenters. The Bertz CT molecular complexity index is 1580. The van der Waals surface area contributed by atoms with Crippen molar-refractivity contribution >= 4 is 0 Å². The first-order valence-corrected chi connectivity index (χ1v) is 23.3. The second-order valence-electron chi connectivity index (χ2n) is 18.8. The number of ether oxygens (including phenoxy) is 10. The van der Waals surface area contributed by atoms with E-state index in [0.717, 1.165) is 24.0 Å². The van der Waals surface area contributed by atoms with Gasteiger partial charge in [-0.05, 0) is 78.2 Å². The van der Waals surface area contributed by atoms with Crippen LogP contribution in [0.2, 0.25) is 0 Å². The quantitative estimate of drug-likeness (QED) is 0.0405. The highest BCUT2D eigenvalue weighted by Gasteiger charge is 2.55. The Hall–Kier alpha value is -1.64. The first-order valence-electron chi connectivity index (χ1n) is 23.3. The van der Waals surface area contributed by atoms with E-state index in [-0.39, 0.29) is 12.5 Å². The van der Waals surface area contributed by atoms with Crippen molar-refractivity contribution in [2.75, 3.05) is 19.8 Å². The van der Waals surface area contributed by atoms with E-state index in [0.29, 0.717) is 19.3 Å². The van der Waals surface area contributed by atoms with Gasteiger partial charge in [0.1, 0.15) is 97.7 Å². The molecule has 5 fully saturated rings. The van der Waals surface area contributed by atoms with Crippen molar-refractivity contribution in [3.8, 4) is 0 Å². The largest absolute Gasteiger partial charge is 0.470 e. The van der Waals surface area contributed by atoms with Crippen LogP contribution in [-0.2, 0) is 47.4 Å². The molecule has 0 aromatic heterocycles. The number of hydrogen-bond donors (Lipinski definition) is 14. The van der Waals surface area contributed by atoms with Crippen LogP contribution in [0, 0.1) is 5.92 Å². The molecule has 0 aliphatic carbocycles. The summed E-state index contributed by atoms with van der Waals surface area (Å²) >= 11 is 0. The number of hydrogen-bond acceptors (Lipinski definition) is 24. The van der Waals surface area contributed by atoms with Crippen molar-refractivity contribution < 1.29 is 119 Å². The summed E-state index contributed by atoms with van der Waals surface area (Å²) in [6.07, 6.45) is -30.2. The lowest BCUT2D eigenvalue weighted by Gasteiger charge is -2.48. The van der Waals surface area contributed by atoms with E-state index in [1.807, 2.05) is 13.8 Å². The summed E-state index contributed by atoms with van der Waals surface area (Å²) in [5.74, 6) is -0.0258. The van der Waals surface area contributed by atoms with Gasteiger partial charge in [-0.1, -0.05) is 18.6 Å². The number of aliphatic hydroxyl groups is 14. The van der Waals surface area contributed by atoms with Crippen molar-refractivity contribution in [3.63, 3.8) is 0 Å². The fourth-order valence-corrected chi connectivity index (χ4v) is 8.59. The molecule has 396 valence electrons. The van der Waals surface area contributed by atoms with Crippen LogP contribution >= 0.6 is 0 Å². The van der Waals surface area contributed by atoms with Gasteiger partial charge in [0, 0.05) is 0 Å². The smallest absolute Gasteiger partial charge is 0.228 e. The SMILES string of the molecule is C/C(=C\O[C@@H]1O[C@H](CO)[C@@H](O)[C@H](O[C@@H]2O[C@H](C)[C@H](O)[C@@H](O)[C@H]2O)[C@H]1O[C@@H]1O[C@H](C)[C@@H](O)[C@@H](O)[C@H]1O)CC/C=C(\C)CCCC(C)CO[C@@H]1O[C@H](CO)[C@@H](O)[C@H](O)[C@H]1O[C@@H]1O[C@H](C)[C@@H](O)[C@@H](O)[C@H]1O. The predicted octanol–water partition coefficient (Wildman–Crippen LogP) is -4.39. The first kappa shape index (κ1) is 57.3.